The molecule has 2 aromatic carbocycles. The predicted octanol–water partition coefficient (Wildman–Crippen LogP) is 4.31. The molecule has 0 aliphatic rings. The van der Waals surface area contributed by atoms with E-state index in [1.165, 1.54) is 5.56 Å². The molecule has 4 aromatic rings. The van der Waals surface area contributed by atoms with Crippen LogP contribution in [0.2, 0.25) is 0 Å². The van der Waals surface area contributed by atoms with Gasteiger partial charge in [0.05, 0.1) is 17.8 Å². The van der Waals surface area contributed by atoms with Gasteiger partial charge in [-0.3, -0.25) is 5.10 Å². The molecule has 0 unspecified atom stereocenters. The van der Waals surface area contributed by atoms with Crippen LogP contribution in [0.3, 0.4) is 0 Å². The van der Waals surface area contributed by atoms with Gasteiger partial charge in [0.2, 0.25) is 5.82 Å². The highest BCUT2D eigenvalue weighted by atomic mass is 79.9. The molecule has 0 amide bonds. The summed E-state index contributed by atoms with van der Waals surface area (Å²) in [5, 5.41) is 15.9. The van der Waals surface area contributed by atoms with Crippen LogP contribution < -0.4 is 0 Å². The second kappa shape index (κ2) is 6.97. The van der Waals surface area contributed by atoms with E-state index in [2.05, 4.69) is 55.5 Å². The summed E-state index contributed by atoms with van der Waals surface area (Å²) in [5.74, 6) is 0.507. The number of tetrazole rings is 1. The van der Waals surface area contributed by atoms with Gasteiger partial charge in [0.25, 0.3) is 0 Å². The molecule has 0 atom stereocenters. The molecular formula is C18H15BrN6S. The molecule has 0 aliphatic heterocycles. The van der Waals surface area contributed by atoms with E-state index in [0.717, 1.165) is 21.3 Å². The van der Waals surface area contributed by atoms with Gasteiger partial charge in [-0.1, -0.05) is 64.0 Å². The quantitative estimate of drug-likeness (QED) is 0.493. The van der Waals surface area contributed by atoms with Crippen LogP contribution in [0.4, 0.5) is 0 Å². The second-order valence-corrected chi connectivity index (χ2v) is 7.24. The lowest BCUT2D eigenvalue weighted by Gasteiger charge is -2.02. The van der Waals surface area contributed by atoms with Crippen LogP contribution in [0.25, 0.3) is 17.1 Å². The number of rotatable bonds is 4. The summed E-state index contributed by atoms with van der Waals surface area (Å²) < 4.78 is 3.41. The van der Waals surface area contributed by atoms with Crippen molar-refractivity contribution in [1.29, 1.82) is 0 Å². The smallest absolute Gasteiger partial charge is 0.209 e. The molecule has 0 spiro atoms. The van der Waals surface area contributed by atoms with Gasteiger partial charge < -0.3 is 0 Å². The van der Waals surface area contributed by atoms with Gasteiger partial charge in [-0.2, -0.15) is 4.80 Å². The van der Waals surface area contributed by atoms with Gasteiger partial charge in [-0.05, 0) is 35.9 Å². The third-order valence-electron chi connectivity index (χ3n) is 3.94. The van der Waals surface area contributed by atoms with Gasteiger partial charge in [0.1, 0.15) is 4.64 Å². The van der Waals surface area contributed by atoms with Crippen LogP contribution in [0.15, 0.2) is 59.2 Å². The van der Waals surface area contributed by atoms with Crippen LogP contribution in [0.5, 0.6) is 0 Å². The van der Waals surface area contributed by atoms with Gasteiger partial charge >= 0.3 is 0 Å². The monoisotopic (exact) mass is 426 g/mol. The molecule has 2 heterocycles. The van der Waals surface area contributed by atoms with E-state index in [-0.39, 0.29) is 0 Å². The molecule has 130 valence electrons. The fourth-order valence-corrected chi connectivity index (χ4v) is 3.42. The van der Waals surface area contributed by atoms with Crippen molar-refractivity contribution < 1.29 is 0 Å². The van der Waals surface area contributed by atoms with E-state index in [9.17, 15) is 0 Å². The van der Waals surface area contributed by atoms with E-state index in [0.29, 0.717) is 17.0 Å². The second-order valence-electron chi connectivity index (χ2n) is 5.94. The third kappa shape index (κ3) is 3.38. The average Bonchev–Trinajstić information content (AvgIpc) is 3.21. The van der Waals surface area contributed by atoms with Gasteiger partial charge in [0.15, 0.2) is 0 Å². The van der Waals surface area contributed by atoms with Crippen molar-refractivity contribution in [1.82, 2.24) is 30.0 Å². The van der Waals surface area contributed by atoms with Crippen molar-refractivity contribution in [3.63, 3.8) is 0 Å². The molecule has 0 saturated carbocycles. The zero-order chi connectivity index (χ0) is 18.1. The molecular weight excluding hydrogens is 412 g/mol. The van der Waals surface area contributed by atoms with Crippen LogP contribution in [0.1, 0.15) is 11.1 Å². The van der Waals surface area contributed by atoms with E-state index >= 15 is 0 Å². The van der Waals surface area contributed by atoms with Crippen LogP contribution in [-0.2, 0) is 6.54 Å². The molecule has 1 N–H and O–H groups in total. The van der Waals surface area contributed by atoms with Gasteiger partial charge in [0, 0.05) is 10.7 Å². The Hall–Kier alpha value is -2.58. The summed E-state index contributed by atoms with van der Waals surface area (Å²) in [6.07, 6.45) is 1.80. The minimum Gasteiger partial charge on any atom is -0.299 e. The highest BCUT2D eigenvalue weighted by Crippen LogP contribution is 2.20. The number of hydrogen-bond donors (Lipinski definition) is 1. The van der Waals surface area contributed by atoms with Crippen molar-refractivity contribution >= 4 is 28.1 Å². The number of halogens is 1. The molecule has 26 heavy (non-hydrogen) atoms. The van der Waals surface area contributed by atoms with Crippen LogP contribution >= 0.6 is 28.1 Å². The number of nitrogens with zero attached hydrogens (tertiary/aromatic N) is 5. The summed E-state index contributed by atoms with van der Waals surface area (Å²) in [6, 6.07) is 16.1. The first-order valence-corrected chi connectivity index (χ1v) is 9.20. The van der Waals surface area contributed by atoms with Crippen LogP contribution in [0, 0.1) is 11.6 Å². The Morgan fingerprint density at radius 3 is 2.81 bits per heavy atom. The number of hydrogen-bond acceptors (Lipinski definition) is 4. The topological polar surface area (TPSA) is 64.3 Å². The average molecular weight is 427 g/mol. The summed E-state index contributed by atoms with van der Waals surface area (Å²) in [5.41, 5.74) is 4.01. The Kier molecular flexibility index (Phi) is 4.52. The summed E-state index contributed by atoms with van der Waals surface area (Å²) in [7, 11) is 0. The Morgan fingerprint density at radius 2 is 2.00 bits per heavy atom. The van der Waals surface area contributed by atoms with E-state index in [1.54, 1.807) is 11.0 Å². The highest BCUT2D eigenvalue weighted by molar-refractivity contribution is 9.10. The fourth-order valence-electron chi connectivity index (χ4n) is 2.73. The summed E-state index contributed by atoms with van der Waals surface area (Å²) in [6.45, 7) is 2.63. The lowest BCUT2D eigenvalue weighted by molar-refractivity contribution is 0.572. The van der Waals surface area contributed by atoms with Crippen molar-refractivity contribution in [2.45, 2.75) is 13.5 Å². The first kappa shape index (κ1) is 16.9. The number of H-pyrrole nitrogens is 1. The summed E-state index contributed by atoms with van der Waals surface area (Å²) in [4.78, 5) is 1.58. The van der Waals surface area contributed by atoms with E-state index in [4.69, 9.17) is 12.2 Å². The zero-order valence-corrected chi connectivity index (χ0v) is 16.3. The third-order valence-corrected chi connectivity index (χ3v) is 4.83. The van der Waals surface area contributed by atoms with E-state index < -0.39 is 0 Å². The number of nitrogens with one attached hydrogen (secondary N) is 1. The molecule has 4 rings (SSSR count). The predicted molar refractivity (Wildman–Crippen MR) is 106 cm³/mol. The molecule has 0 saturated heterocycles. The van der Waals surface area contributed by atoms with Gasteiger partial charge in [-0.25, -0.2) is 4.68 Å². The number of benzene rings is 2. The largest absolute Gasteiger partial charge is 0.299 e. The first-order chi connectivity index (χ1) is 12.6. The number of aryl methyl sites for hydroxylation is 1. The maximum absolute atomic E-state index is 5.59. The van der Waals surface area contributed by atoms with Crippen molar-refractivity contribution in [2.75, 3.05) is 0 Å². The van der Waals surface area contributed by atoms with Crippen molar-refractivity contribution in [3.8, 4) is 17.1 Å². The molecule has 8 heteroatoms. The lowest BCUT2D eigenvalue weighted by atomic mass is 10.1. The molecule has 6 nitrogen and oxygen atoms in total. The molecule has 0 fully saturated rings. The maximum Gasteiger partial charge on any atom is 0.209 e. The van der Waals surface area contributed by atoms with Crippen LogP contribution in [-0.4, -0.2) is 30.0 Å². The fraction of sp³-hybridized carbons (Fsp3) is 0.111. The Balaban J connectivity index is 1.63. The SMILES string of the molecule is Cc1cccc(Cn2nnc(-c3c[nH]n(-c4cccc(Br)c4)c3=S)n2)c1. The minimum atomic E-state index is 0.507. The highest BCUT2D eigenvalue weighted by Gasteiger charge is 2.12. The number of aromatic amines is 1. The molecule has 0 radical (unpaired) electrons. The molecule has 2 aromatic heterocycles. The molecule has 0 bridgehead atoms. The Bertz CT molecular complexity index is 1130. The zero-order valence-electron chi connectivity index (χ0n) is 13.9. The first-order valence-electron chi connectivity index (χ1n) is 8.00. The standard InChI is InChI=1S/C18H15BrN6S/c1-12-4-2-5-13(8-12)11-24-22-17(21-23-24)16-10-20-25(18(16)26)15-7-3-6-14(19)9-15/h2-10,20H,11H2,1H3. The Labute approximate surface area is 163 Å². The normalized spacial score (nSPS) is 11.0. The Morgan fingerprint density at radius 1 is 1.15 bits per heavy atom. The number of aromatic nitrogens is 6. The lowest BCUT2D eigenvalue weighted by Crippen LogP contribution is -2.04. The minimum absolute atomic E-state index is 0.507. The van der Waals surface area contributed by atoms with Crippen molar-refractivity contribution in [3.05, 3.63) is 75.0 Å². The van der Waals surface area contributed by atoms with E-state index in [1.807, 2.05) is 41.1 Å². The summed E-state index contributed by atoms with van der Waals surface area (Å²) >= 11 is 9.06. The van der Waals surface area contributed by atoms with Crippen molar-refractivity contribution in [2.24, 2.45) is 0 Å². The van der Waals surface area contributed by atoms with Gasteiger partial charge in [-0.15, -0.1) is 10.2 Å². The molecule has 0 aliphatic carbocycles. The maximum atomic E-state index is 5.59.